The third-order valence-electron chi connectivity index (χ3n) is 4.34. The first-order valence-electron chi connectivity index (χ1n) is 8.22. The van der Waals surface area contributed by atoms with Crippen LogP contribution in [0.3, 0.4) is 0 Å². The lowest BCUT2D eigenvalue weighted by atomic mass is 10.1. The standard InChI is InChI=1S/C19H21N3O2/c1-14-6-2-3-7-15(14)13-21-18(23)16-10-17(12-20-11-16)19(24)22-8-4-5-9-22/h2-3,6-7,10-12H,4-5,8-9,13H2,1H3,(H,21,23). The average molecular weight is 323 g/mol. The number of hydrogen-bond donors (Lipinski definition) is 1. The number of aromatic nitrogens is 1. The second kappa shape index (κ2) is 7.25. The van der Waals surface area contributed by atoms with Gasteiger partial charge in [-0.3, -0.25) is 14.6 Å². The molecule has 1 aromatic heterocycles. The van der Waals surface area contributed by atoms with Gasteiger partial charge in [-0.15, -0.1) is 0 Å². The van der Waals surface area contributed by atoms with Crippen molar-refractivity contribution in [1.29, 1.82) is 0 Å². The Labute approximate surface area is 141 Å². The van der Waals surface area contributed by atoms with Gasteiger partial charge in [-0.05, 0) is 37.0 Å². The molecule has 5 nitrogen and oxygen atoms in total. The van der Waals surface area contributed by atoms with Crippen molar-refractivity contribution in [2.45, 2.75) is 26.3 Å². The van der Waals surface area contributed by atoms with E-state index in [-0.39, 0.29) is 11.8 Å². The molecule has 1 aliphatic heterocycles. The number of carbonyl (C=O) groups is 2. The predicted octanol–water partition coefficient (Wildman–Crippen LogP) is 2.56. The molecular weight excluding hydrogens is 302 g/mol. The molecule has 2 amide bonds. The van der Waals surface area contributed by atoms with Crippen LogP contribution in [-0.2, 0) is 6.54 Å². The summed E-state index contributed by atoms with van der Waals surface area (Å²) in [4.78, 5) is 30.6. The van der Waals surface area contributed by atoms with E-state index in [0.717, 1.165) is 37.1 Å². The van der Waals surface area contributed by atoms with E-state index in [2.05, 4.69) is 10.3 Å². The summed E-state index contributed by atoms with van der Waals surface area (Å²) in [5.41, 5.74) is 3.09. The summed E-state index contributed by atoms with van der Waals surface area (Å²) in [7, 11) is 0. The zero-order valence-corrected chi connectivity index (χ0v) is 13.8. The SMILES string of the molecule is Cc1ccccc1CNC(=O)c1cncc(C(=O)N2CCCC2)c1. The van der Waals surface area contributed by atoms with Crippen LogP contribution in [0.4, 0.5) is 0 Å². The number of nitrogens with zero attached hydrogens (tertiary/aromatic N) is 2. The van der Waals surface area contributed by atoms with Crippen LogP contribution >= 0.6 is 0 Å². The van der Waals surface area contributed by atoms with Gasteiger partial charge in [-0.2, -0.15) is 0 Å². The smallest absolute Gasteiger partial charge is 0.255 e. The van der Waals surface area contributed by atoms with Crippen LogP contribution in [0.1, 0.15) is 44.7 Å². The van der Waals surface area contributed by atoms with Gasteiger partial charge in [0.25, 0.3) is 11.8 Å². The van der Waals surface area contributed by atoms with Crippen molar-refractivity contribution < 1.29 is 9.59 Å². The molecule has 2 aromatic rings. The first-order chi connectivity index (χ1) is 11.6. The van der Waals surface area contributed by atoms with E-state index in [1.54, 1.807) is 6.07 Å². The number of amides is 2. The fourth-order valence-electron chi connectivity index (χ4n) is 2.87. The Bertz CT molecular complexity index is 752. The minimum absolute atomic E-state index is 0.0476. The summed E-state index contributed by atoms with van der Waals surface area (Å²) < 4.78 is 0. The van der Waals surface area contributed by atoms with Crippen molar-refractivity contribution >= 4 is 11.8 Å². The number of rotatable bonds is 4. The highest BCUT2D eigenvalue weighted by atomic mass is 16.2. The van der Waals surface area contributed by atoms with Gasteiger partial charge >= 0.3 is 0 Å². The summed E-state index contributed by atoms with van der Waals surface area (Å²) in [5, 5.41) is 2.89. The summed E-state index contributed by atoms with van der Waals surface area (Å²) in [6.45, 7) is 4.03. The van der Waals surface area contributed by atoms with E-state index >= 15 is 0 Å². The second-order valence-electron chi connectivity index (χ2n) is 6.07. The van der Waals surface area contributed by atoms with Gasteiger partial charge in [-0.25, -0.2) is 0 Å². The number of nitrogens with one attached hydrogen (secondary N) is 1. The van der Waals surface area contributed by atoms with E-state index in [9.17, 15) is 9.59 Å². The van der Waals surface area contributed by atoms with Crippen molar-refractivity contribution in [3.63, 3.8) is 0 Å². The van der Waals surface area contributed by atoms with Crippen LogP contribution in [0.2, 0.25) is 0 Å². The summed E-state index contributed by atoms with van der Waals surface area (Å²) in [6.07, 6.45) is 5.10. The largest absolute Gasteiger partial charge is 0.348 e. The number of pyridine rings is 1. The summed E-state index contributed by atoms with van der Waals surface area (Å²) in [5.74, 6) is -0.268. The lowest BCUT2D eigenvalue weighted by Crippen LogP contribution is -2.28. The number of carbonyl (C=O) groups excluding carboxylic acids is 2. The molecular formula is C19H21N3O2. The van der Waals surface area contributed by atoms with Crippen LogP contribution in [-0.4, -0.2) is 34.8 Å². The number of aryl methyl sites for hydroxylation is 1. The zero-order chi connectivity index (χ0) is 16.9. The van der Waals surface area contributed by atoms with Crippen LogP contribution in [0.15, 0.2) is 42.7 Å². The molecule has 1 N–H and O–H groups in total. The molecule has 1 saturated heterocycles. The van der Waals surface area contributed by atoms with Gasteiger partial charge in [0.15, 0.2) is 0 Å². The van der Waals surface area contributed by atoms with Gasteiger partial charge in [-0.1, -0.05) is 24.3 Å². The molecule has 0 unspecified atom stereocenters. The summed E-state index contributed by atoms with van der Waals surface area (Å²) in [6, 6.07) is 9.55. The van der Waals surface area contributed by atoms with Gasteiger partial charge in [0.1, 0.15) is 0 Å². The number of hydrogen-bond acceptors (Lipinski definition) is 3. The molecule has 3 rings (SSSR count). The third kappa shape index (κ3) is 3.62. The lowest BCUT2D eigenvalue weighted by molar-refractivity contribution is 0.0792. The van der Waals surface area contributed by atoms with E-state index in [1.807, 2.05) is 36.1 Å². The highest BCUT2D eigenvalue weighted by Gasteiger charge is 2.20. The molecule has 0 spiro atoms. The van der Waals surface area contributed by atoms with Gasteiger partial charge < -0.3 is 10.2 Å². The molecule has 5 heteroatoms. The fourth-order valence-corrected chi connectivity index (χ4v) is 2.87. The minimum Gasteiger partial charge on any atom is -0.348 e. The highest BCUT2D eigenvalue weighted by Crippen LogP contribution is 2.13. The topological polar surface area (TPSA) is 62.3 Å². The average Bonchev–Trinajstić information content (AvgIpc) is 3.15. The Kier molecular flexibility index (Phi) is 4.89. The normalized spacial score (nSPS) is 13.8. The molecule has 0 saturated carbocycles. The van der Waals surface area contributed by atoms with Crippen molar-refractivity contribution in [3.05, 3.63) is 65.0 Å². The first-order valence-corrected chi connectivity index (χ1v) is 8.22. The zero-order valence-electron chi connectivity index (χ0n) is 13.8. The lowest BCUT2D eigenvalue weighted by Gasteiger charge is -2.15. The maximum Gasteiger partial charge on any atom is 0.255 e. The molecule has 0 atom stereocenters. The van der Waals surface area contributed by atoms with E-state index in [4.69, 9.17) is 0 Å². The van der Waals surface area contributed by atoms with E-state index in [0.29, 0.717) is 17.7 Å². The van der Waals surface area contributed by atoms with Crippen LogP contribution in [0, 0.1) is 6.92 Å². The quantitative estimate of drug-likeness (QED) is 0.940. The summed E-state index contributed by atoms with van der Waals surface area (Å²) >= 11 is 0. The third-order valence-corrected chi connectivity index (χ3v) is 4.34. The second-order valence-corrected chi connectivity index (χ2v) is 6.07. The molecule has 1 fully saturated rings. The fraction of sp³-hybridized carbons (Fsp3) is 0.316. The van der Waals surface area contributed by atoms with Crippen molar-refractivity contribution in [2.24, 2.45) is 0 Å². The van der Waals surface area contributed by atoms with Crippen LogP contribution in [0.5, 0.6) is 0 Å². The molecule has 1 aliphatic rings. The van der Waals surface area contributed by atoms with Gasteiger partial charge in [0.2, 0.25) is 0 Å². The van der Waals surface area contributed by atoms with Gasteiger partial charge in [0, 0.05) is 32.0 Å². The van der Waals surface area contributed by atoms with Crippen molar-refractivity contribution in [2.75, 3.05) is 13.1 Å². The first kappa shape index (κ1) is 16.2. The number of benzene rings is 1. The Morgan fingerprint density at radius 2 is 1.83 bits per heavy atom. The van der Waals surface area contributed by atoms with Crippen LogP contribution in [0.25, 0.3) is 0 Å². The van der Waals surface area contributed by atoms with Crippen LogP contribution < -0.4 is 5.32 Å². The molecule has 24 heavy (non-hydrogen) atoms. The minimum atomic E-state index is -0.221. The molecule has 0 bridgehead atoms. The predicted molar refractivity (Wildman–Crippen MR) is 91.7 cm³/mol. The molecule has 124 valence electrons. The molecule has 0 aliphatic carbocycles. The maximum atomic E-state index is 12.4. The highest BCUT2D eigenvalue weighted by molar-refractivity contribution is 5.99. The van der Waals surface area contributed by atoms with Crippen molar-refractivity contribution in [1.82, 2.24) is 15.2 Å². The van der Waals surface area contributed by atoms with E-state index < -0.39 is 0 Å². The van der Waals surface area contributed by atoms with Crippen molar-refractivity contribution in [3.8, 4) is 0 Å². The Hall–Kier alpha value is -2.69. The Balaban J connectivity index is 1.68. The van der Waals surface area contributed by atoms with Gasteiger partial charge in [0.05, 0.1) is 11.1 Å². The molecule has 1 aromatic carbocycles. The monoisotopic (exact) mass is 323 g/mol. The molecule has 2 heterocycles. The Morgan fingerprint density at radius 3 is 2.58 bits per heavy atom. The maximum absolute atomic E-state index is 12.4. The molecule has 0 radical (unpaired) electrons. The Morgan fingerprint density at radius 1 is 1.12 bits per heavy atom. The van der Waals surface area contributed by atoms with E-state index in [1.165, 1.54) is 12.4 Å². The number of likely N-dealkylation sites (tertiary alicyclic amines) is 1.